The third-order valence-corrected chi connectivity index (χ3v) is 9.58. The fourth-order valence-corrected chi connectivity index (χ4v) is 2.03. The summed E-state index contributed by atoms with van der Waals surface area (Å²) in [6.45, 7) is 64.5. The molecule has 0 aliphatic carbocycles. The summed E-state index contributed by atoms with van der Waals surface area (Å²) in [6.07, 6.45) is 4.07. The summed E-state index contributed by atoms with van der Waals surface area (Å²) in [4.78, 5) is 41.9. The van der Waals surface area contributed by atoms with E-state index >= 15 is 0 Å². The molecule has 0 amide bonds. The van der Waals surface area contributed by atoms with E-state index < -0.39 is 0 Å². The number of hydrogen-bond donors (Lipinski definition) is 0. The van der Waals surface area contributed by atoms with E-state index in [4.69, 9.17) is 6.58 Å². The largest absolute Gasteiger partial charge is 2.00 e. The molecule has 0 N–H and O–H groups in total. The van der Waals surface area contributed by atoms with Crippen LogP contribution in [0.25, 0.3) is 16.8 Å². The molecule has 0 bridgehead atoms. The normalized spacial score (nSPS) is 9.83. The molecule has 0 radical (unpaired) electrons. The SMILES string of the molecule is CC.CC.CC.CC(=O)C(C)(C)C.CC(=O)C(C)(C)C.CC(=O)C(C)(C)C.CC(=O)C(C)(C)C.CCC(C)(C)C.CCC(C)(C)C.[CH-]=Cc1[c-]cccc1.[W+2].c1ccc2ccccc2c1.c1ccccc1. The van der Waals surface area contributed by atoms with Crippen LogP contribution >= 0.6 is 0 Å². The second-order valence-corrected chi connectivity index (χ2v) is 22.0. The summed E-state index contributed by atoms with van der Waals surface area (Å²) in [5.41, 5.74) is 1.47. The minimum atomic E-state index is -0.139. The Labute approximate surface area is 458 Å². The van der Waals surface area contributed by atoms with E-state index in [2.05, 4.69) is 110 Å². The molecule has 71 heavy (non-hydrogen) atoms. The Morgan fingerprint density at radius 1 is 0.394 bits per heavy atom. The van der Waals surface area contributed by atoms with Gasteiger partial charge in [0, 0.05) is 21.7 Å². The van der Waals surface area contributed by atoms with E-state index in [9.17, 15) is 19.2 Å². The first-order valence-electron chi connectivity index (χ1n) is 25.8. The van der Waals surface area contributed by atoms with Crippen molar-refractivity contribution in [1.82, 2.24) is 0 Å². The van der Waals surface area contributed by atoms with Gasteiger partial charge in [-0.2, -0.15) is 12.1 Å². The molecule has 4 rings (SSSR count). The van der Waals surface area contributed by atoms with Crippen molar-refractivity contribution >= 4 is 40.0 Å². The van der Waals surface area contributed by atoms with Crippen LogP contribution in [-0.4, -0.2) is 23.1 Å². The van der Waals surface area contributed by atoms with E-state index in [1.807, 2.05) is 185 Å². The zero-order valence-corrected chi connectivity index (χ0v) is 54.9. The molecule has 0 unspecified atom stereocenters. The van der Waals surface area contributed by atoms with E-state index in [-0.39, 0.29) is 65.9 Å². The standard InChI is InChI=1S/C10H8.C8H6.4C6H12O.C6H6.2C6H14.3C2H6.W/c1-2-6-10-8-4-3-7-9(10)5-1;1-2-8-6-4-3-5-7-8;4*1-5(7)6(2,3)4;1-2-4-6-5-3-1;2*1-5-6(2,3)4;3*1-2;/h1-8H;1-6H;4*1-4H3;1-6H;2*5H2,1-4H3;3*1-2H3;/q;-2;;;;;;;;;;;+2. The number of benzene rings is 4. The van der Waals surface area contributed by atoms with Crippen molar-refractivity contribution in [2.45, 2.75) is 221 Å². The Bertz CT molecular complexity index is 1580. The summed E-state index contributed by atoms with van der Waals surface area (Å²) >= 11 is 0. The zero-order chi connectivity index (χ0) is 57.6. The van der Waals surface area contributed by atoms with Crippen LogP contribution in [0, 0.1) is 45.1 Å². The molecule has 0 atom stereocenters. The summed E-state index contributed by atoms with van der Waals surface area (Å²) in [5.74, 6) is 0.972. The maximum Gasteiger partial charge on any atom is 2.00 e. The van der Waals surface area contributed by atoms with Crippen molar-refractivity contribution in [2.24, 2.45) is 32.5 Å². The fraction of sp³-hybridized carbons (Fsp3) is 0.576. The predicted octanol–water partition coefficient (Wildman–Crippen LogP) is 20.9. The molecule has 0 aromatic heterocycles. The van der Waals surface area contributed by atoms with E-state index in [1.165, 1.54) is 29.7 Å². The van der Waals surface area contributed by atoms with Crippen LogP contribution in [0.4, 0.5) is 0 Å². The first kappa shape index (κ1) is 87.0. The second-order valence-electron chi connectivity index (χ2n) is 22.0. The van der Waals surface area contributed by atoms with Crippen LogP contribution in [0.15, 0.2) is 109 Å². The van der Waals surface area contributed by atoms with Crippen molar-refractivity contribution in [3.8, 4) is 0 Å². The molecule has 4 nitrogen and oxygen atoms in total. The molecule has 0 fully saturated rings. The van der Waals surface area contributed by atoms with Gasteiger partial charge < -0.3 is 18.2 Å². The Morgan fingerprint density at radius 3 is 0.662 bits per heavy atom. The molecular formula is C66H114O4W. The van der Waals surface area contributed by atoms with E-state index in [0.717, 1.165) is 5.56 Å². The molecule has 4 aromatic rings. The number of ketones is 4. The monoisotopic (exact) mass is 1150 g/mol. The molecule has 0 heterocycles. The van der Waals surface area contributed by atoms with Crippen LogP contribution in [0.1, 0.15) is 226 Å². The Kier molecular flexibility index (Phi) is 61.0. The molecule has 0 saturated heterocycles. The first-order chi connectivity index (χ1) is 31.8. The molecule has 4 aromatic carbocycles. The van der Waals surface area contributed by atoms with Gasteiger partial charge in [0.05, 0.1) is 0 Å². The third kappa shape index (κ3) is 75.3. The van der Waals surface area contributed by atoms with Gasteiger partial charge in [0.15, 0.2) is 0 Å². The smallest absolute Gasteiger partial charge is 0.344 e. The number of fused-ring (bicyclic) bond motifs is 1. The van der Waals surface area contributed by atoms with Crippen molar-refractivity contribution in [2.75, 3.05) is 0 Å². The van der Waals surface area contributed by atoms with Gasteiger partial charge in [-0.1, -0.05) is 278 Å². The summed E-state index contributed by atoms with van der Waals surface area (Å²) < 4.78 is 0. The first-order valence-corrected chi connectivity index (χ1v) is 25.8. The predicted molar refractivity (Wildman–Crippen MR) is 319 cm³/mol. The zero-order valence-electron chi connectivity index (χ0n) is 52.0. The van der Waals surface area contributed by atoms with Crippen LogP contribution in [0.2, 0.25) is 0 Å². The van der Waals surface area contributed by atoms with Crippen molar-refractivity contribution in [3.63, 3.8) is 0 Å². The quantitative estimate of drug-likeness (QED) is 0.178. The topological polar surface area (TPSA) is 68.3 Å². The van der Waals surface area contributed by atoms with Gasteiger partial charge in [0.25, 0.3) is 0 Å². The van der Waals surface area contributed by atoms with Crippen LogP contribution in [-0.2, 0) is 40.2 Å². The average Bonchev–Trinajstić information content (AvgIpc) is 3.29. The fourth-order valence-electron chi connectivity index (χ4n) is 2.03. The van der Waals surface area contributed by atoms with Crippen LogP contribution in [0.3, 0.4) is 0 Å². The number of carbonyl (C=O) groups excluding carboxylic acids is 4. The summed E-state index contributed by atoms with van der Waals surface area (Å²) in [5, 5.41) is 2.62. The van der Waals surface area contributed by atoms with E-state index in [0.29, 0.717) is 10.8 Å². The van der Waals surface area contributed by atoms with Gasteiger partial charge in [-0.05, 0) is 49.3 Å². The Morgan fingerprint density at radius 2 is 0.563 bits per heavy atom. The van der Waals surface area contributed by atoms with Crippen LogP contribution in [0.5, 0.6) is 0 Å². The molecule has 408 valence electrons. The third-order valence-electron chi connectivity index (χ3n) is 9.58. The van der Waals surface area contributed by atoms with Crippen molar-refractivity contribution < 1.29 is 40.2 Å². The van der Waals surface area contributed by atoms with Gasteiger partial charge in [-0.15, -0.1) is 6.07 Å². The van der Waals surface area contributed by atoms with E-state index in [1.54, 1.807) is 27.7 Å². The summed E-state index contributed by atoms with van der Waals surface area (Å²) in [6, 6.07) is 39.2. The maximum atomic E-state index is 10.5. The minimum absolute atomic E-state index is 0. The second kappa shape index (κ2) is 49.8. The molecule has 0 saturated carbocycles. The number of carbonyl (C=O) groups is 4. The van der Waals surface area contributed by atoms with Crippen molar-refractivity contribution in [3.05, 3.63) is 127 Å². The van der Waals surface area contributed by atoms with Gasteiger partial charge in [-0.25, -0.2) is 12.1 Å². The molecule has 0 aliphatic rings. The number of hydrogen-bond acceptors (Lipinski definition) is 4. The van der Waals surface area contributed by atoms with Gasteiger partial charge in [0.1, 0.15) is 23.1 Å². The number of Topliss-reactive ketones (excluding diaryl/α,β-unsaturated/α-hetero) is 4. The Hall–Kier alpha value is -3.75. The molecular weight excluding hydrogens is 1040 g/mol. The molecule has 0 spiro atoms. The average molecular weight is 1160 g/mol. The van der Waals surface area contributed by atoms with Crippen LogP contribution < -0.4 is 0 Å². The summed E-state index contributed by atoms with van der Waals surface area (Å²) in [7, 11) is 0. The van der Waals surface area contributed by atoms with Gasteiger partial charge in [0.2, 0.25) is 0 Å². The minimum Gasteiger partial charge on any atom is -0.344 e. The Balaban J connectivity index is -0.0000000861. The van der Waals surface area contributed by atoms with Gasteiger partial charge in [-0.3, -0.25) is 19.2 Å². The molecule has 5 heteroatoms. The number of rotatable bonds is 1. The maximum absolute atomic E-state index is 10.5. The van der Waals surface area contributed by atoms with Gasteiger partial charge >= 0.3 is 21.1 Å². The van der Waals surface area contributed by atoms with Crippen molar-refractivity contribution in [1.29, 1.82) is 0 Å². The molecule has 0 aliphatic heterocycles.